The molecule has 0 unspecified atom stereocenters. The number of nitrogens with zero attached hydrogens (tertiary/aromatic N) is 2. The maximum Gasteiger partial charge on any atom is 0.416 e. The third kappa shape index (κ3) is 5.54. The fourth-order valence-corrected chi connectivity index (χ4v) is 4.82. The number of hydrogen-bond donors (Lipinski definition) is 1. The van der Waals surface area contributed by atoms with E-state index in [9.17, 15) is 26.4 Å². The van der Waals surface area contributed by atoms with Crippen molar-refractivity contribution < 1.29 is 26.4 Å². The van der Waals surface area contributed by atoms with E-state index in [-0.39, 0.29) is 27.2 Å². The highest BCUT2D eigenvalue weighted by molar-refractivity contribution is 7.92. The molecule has 2 aromatic rings. The van der Waals surface area contributed by atoms with Crippen molar-refractivity contribution >= 4 is 33.2 Å². The summed E-state index contributed by atoms with van der Waals surface area (Å²) in [5.74, 6) is -0.416. The van der Waals surface area contributed by atoms with Gasteiger partial charge in [0.2, 0.25) is 0 Å². The van der Waals surface area contributed by atoms with E-state index in [4.69, 9.17) is 11.6 Å². The molecule has 1 amide bonds. The van der Waals surface area contributed by atoms with E-state index in [2.05, 4.69) is 9.62 Å². The minimum absolute atomic E-state index is 0.00161. The number of carbonyl (C=O) groups is 1. The number of anilines is 1. The highest BCUT2D eigenvalue weighted by Gasteiger charge is 2.31. The van der Waals surface area contributed by atoms with Gasteiger partial charge in [0.15, 0.2) is 0 Å². The van der Waals surface area contributed by atoms with E-state index in [1.165, 1.54) is 18.2 Å². The zero-order valence-corrected chi connectivity index (χ0v) is 19.1. The second-order valence-corrected chi connectivity index (χ2v) is 9.87. The van der Waals surface area contributed by atoms with Gasteiger partial charge in [0.05, 0.1) is 21.0 Å². The molecule has 1 heterocycles. The van der Waals surface area contributed by atoms with Crippen molar-refractivity contribution in [3.05, 3.63) is 58.6 Å². The van der Waals surface area contributed by atoms with Crippen LogP contribution in [0.1, 0.15) is 28.8 Å². The number of likely N-dealkylation sites (tertiary alicyclic amines) is 1. The SMILES string of the molecule is CN1CCC(N(C)C(=O)c2cc(S(=O)(=O)Nc3cccc(C(F)(F)F)c3)ccc2Cl)CC1. The molecule has 1 aliphatic rings. The van der Waals surface area contributed by atoms with Crippen molar-refractivity contribution in [1.29, 1.82) is 0 Å². The molecule has 1 aliphatic heterocycles. The Balaban J connectivity index is 1.85. The Hall–Kier alpha value is -2.30. The highest BCUT2D eigenvalue weighted by Crippen LogP contribution is 2.31. The van der Waals surface area contributed by atoms with Crippen molar-refractivity contribution in [1.82, 2.24) is 9.80 Å². The Morgan fingerprint density at radius 3 is 2.44 bits per heavy atom. The van der Waals surface area contributed by atoms with Gasteiger partial charge in [-0.3, -0.25) is 9.52 Å². The lowest BCUT2D eigenvalue weighted by Crippen LogP contribution is -2.44. The van der Waals surface area contributed by atoms with Crippen LogP contribution in [0.25, 0.3) is 0 Å². The van der Waals surface area contributed by atoms with Crippen LogP contribution in [0, 0.1) is 0 Å². The third-order valence-electron chi connectivity index (χ3n) is 5.48. The largest absolute Gasteiger partial charge is 0.416 e. The predicted molar refractivity (Wildman–Crippen MR) is 116 cm³/mol. The number of benzene rings is 2. The summed E-state index contributed by atoms with van der Waals surface area (Å²) >= 11 is 6.18. The standard InChI is InChI=1S/C21H23ClF3N3O3S/c1-27-10-8-16(9-11-27)28(2)20(29)18-13-17(6-7-19(18)22)32(30,31)26-15-5-3-4-14(12-15)21(23,24)25/h3-7,12-13,16,26H,8-11H2,1-2H3. The summed E-state index contributed by atoms with van der Waals surface area (Å²) in [4.78, 5) is 16.5. The first-order chi connectivity index (χ1) is 14.9. The fraction of sp³-hybridized carbons (Fsp3) is 0.381. The number of carbonyl (C=O) groups excluding carboxylic acids is 1. The molecule has 0 aliphatic carbocycles. The number of sulfonamides is 1. The van der Waals surface area contributed by atoms with Crippen molar-refractivity contribution in [2.24, 2.45) is 0 Å². The van der Waals surface area contributed by atoms with Gasteiger partial charge < -0.3 is 9.80 Å². The Kier molecular flexibility index (Phi) is 7.06. The van der Waals surface area contributed by atoms with Gasteiger partial charge in [-0.2, -0.15) is 13.2 Å². The van der Waals surface area contributed by atoms with Gasteiger partial charge in [-0.1, -0.05) is 17.7 Å². The van der Waals surface area contributed by atoms with E-state index in [0.717, 1.165) is 44.1 Å². The summed E-state index contributed by atoms with van der Waals surface area (Å²) in [7, 11) is -0.609. The topological polar surface area (TPSA) is 69.7 Å². The lowest BCUT2D eigenvalue weighted by Gasteiger charge is -2.35. The van der Waals surface area contributed by atoms with E-state index < -0.39 is 27.7 Å². The Labute approximate surface area is 190 Å². The van der Waals surface area contributed by atoms with Crippen LogP contribution in [-0.4, -0.2) is 57.4 Å². The zero-order valence-electron chi connectivity index (χ0n) is 17.5. The number of hydrogen-bond acceptors (Lipinski definition) is 4. The van der Waals surface area contributed by atoms with Crippen molar-refractivity contribution in [3.63, 3.8) is 0 Å². The molecular formula is C21H23ClF3N3O3S. The van der Waals surface area contributed by atoms with Gasteiger partial charge in [-0.05, 0) is 69.4 Å². The molecule has 0 radical (unpaired) electrons. The van der Waals surface area contributed by atoms with Crippen molar-refractivity contribution in [2.75, 3.05) is 31.9 Å². The van der Waals surface area contributed by atoms with Crippen LogP contribution in [0.5, 0.6) is 0 Å². The Morgan fingerprint density at radius 1 is 1.16 bits per heavy atom. The van der Waals surface area contributed by atoms with Gasteiger partial charge in [0, 0.05) is 18.8 Å². The van der Waals surface area contributed by atoms with E-state index in [1.807, 2.05) is 7.05 Å². The van der Waals surface area contributed by atoms with Gasteiger partial charge in [-0.15, -0.1) is 0 Å². The summed E-state index contributed by atoms with van der Waals surface area (Å²) in [6.07, 6.45) is -3.04. The lowest BCUT2D eigenvalue weighted by molar-refractivity contribution is -0.137. The first-order valence-corrected chi connectivity index (χ1v) is 11.7. The summed E-state index contributed by atoms with van der Waals surface area (Å²) in [5, 5.41) is 0.0906. The van der Waals surface area contributed by atoms with E-state index in [1.54, 1.807) is 11.9 Å². The molecule has 0 atom stereocenters. The maximum atomic E-state index is 13.0. The summed E-state index contributed by atoms with van der Waals surface area (Å²) in [5.41, 5.74) is -1.21. The zero-order chi connectivity index (χ0) is 23.7. The number of amides is 1. The normalized spacial score (nSPS) is 16.1. The van der Waals surface area contributed by atoms with E-state index in [0.29, 0.717) is 6.07 Å². The molecule has 1 saturated heterocycles. The quantitative estimate of drug-likeness (QED) is 0.679. The highest BCUT2D eigenvalue weighted by atomic mass is 35.5. The molecule has 174 valence electrons. The van der Waals surface area contributed by atoms with Gasteiger partial charge in [-0.25, -0.2) is 8.42 Å². The first kappa shape index (κ1) is 24.3. The molecule has 0 saturated carbocycles. The molecule has 6 nitrogen and oxygen atoms in total. The van der Waals surface area contributed by atoms with E-state index >= 15 is 0 Å². The van der Waals surface area contributed by atoms with Gasteiger partial charge in [0.25, 0.3) is 15.9 Å². The molecule has 11 heteroatoms. The van der Waals surface area contributed by atoms with Crippen LogP contribution >= 0.6 is 11.6 Å². The number of piperidine rings is 1. The molecule has 0 bridgehead atoms. The smallest absolute Gasteiger partial charge is 0.339 e. The molecule has 1 N–H and O–H groups in total. The average Bonchev–Trinajstić information content (AvgIpc) is 2.73. The van der Waals surface area contributed by atoms with Crippen LogP contribution in [0.4, 0.5) is 18.9 Å². The second kappa shape index (κ2) is 9.29. The maximum absolute atomic E-state index is 13.0. The van der Waals surface area contributed by atoms with Gasteiger partial charge in [0.1, 0.15) is 0 Å². The average molecular weight is 490 g/mol. The number of nitrogens with one attached hydrogen (secondary N) is 1. The molecular weight excluding hydrogens is 467 g/mol. The Morgan fingerprint density at radius 2 is 1.81 bits per heavy atom. The van der Waals surface area contributed by atoms with Crippen molar-refractivity contribution in [3.8, 4) is 0 Å². The molecule has 0 spiro atoms. The van der Waals surface area contributed by atoms with Crippen LogP contribution in [0.3, 0.4) is 0 Å². The lowest BCUT2D eigenvalue weighted by atomic mass is 10.0. The minimum Gasteiger partial charge on any atom is -0.339 e. The molecule has 1 fully saturated rings. The van der Waals surface area contributed by atoms with Crippen LogP contribution in [0.15, 0.2) is 47.4 Å². The van der Waals surface area contributed by atoms with Crippen molar-refractivity contribution in [2.45, 2.75) is 30.0 Å². The minimum atomic E-state index is -4.61. The first-order valence-electron chi connectivity index (χ1n) is 9.84. The van der Waals surface area contributed by atoms with Gasteiger partial charge >= 0.3 is 6.18 Å². The number of halogens is 4. The summed E-state index contributed by atoms with van der Waals surface area (Å²) in [6, 6.07) is 7.49. The number of rotatable bonds is 5. The monoisotopic (exact) mass is 489 g/mol. The third-order valence-corrected chi connectivity index (χ3v) is 7.19. The van der Waals surface area contributed by atoms with Crippen LogP contribution in [0.2, 0.25) is 5.02 Å². The summed E-state index contributed by atoms with van der Waals surface area (Å²) in [6.45, 7) is 1.68. The fourth-order valence-electron chi connectivity index (χ4n) is 3.55. The van der Waals surface area contributed by atoms with Crippen LogP contribution < -0.4 is 4.72 Å². The second-order valence-electron chi connectivity index (χ2n) is 7.78. The molecule has 2 aromatic carbocycles. The molecule has 0 aromatic heterocycles. The summed E-state index contributed by atoms with van der Waals surface area (Å²) < 4.78 is 66.5. The van der Waals surface area contributed by atoms with Crippen LogP contribution in [-0.2, 0) is 16.2 Å². The predicted octanol–water partition coefficient (Wildman–Crippen LogP) is 4.33. The molecule has 32 heavy (non-hydrogen) atoms. The Bertz CT molecular complexity index is 1100. The molecule has 3 rings (SSSR count). The number of alkyl halides is 3.